The van der Waals surface area contributed by atoms with Crippen molar-refractivity contribution in [1.29, 1.82) is 0 Å². The van der Waals surface area contributed by atoms with Crippen molar-refractivity contribution in [1.82, 2.24) is 5.32 Å². The topological polar surface area (TPSA) is 185 Å². The van der Waals surface area contributed by atoms with Gasteiger partial charge in [-0.2, -0.15) is 0 Å². The third-order valence-electron chi connectivity index (χ3n) is 8.63. The van der Waals surface area contributed by atoms with Crippen LogP contribution in [0.5, 0.6) is 0 Å². The monoisotopic (exact) mass is 2650 g/mol. The summed E-state index contributed by atoms with van der Waals surface area (Å²) in [5.74, 6) is -1.58. The minimum Gasteiger partial charge on any atom is -0.398 e. The molecule has 0 bridgehead atoms. The number of nitrogens with one attached hydrogen (secondary N) is 1. The van der Waals surface area contributed by atoms with E-state index in [0.29, 0.717) is 47.5 Å². The van der Waals surface area contributed by atoms with E-state index in [1.165, 1.54) is 6.08 Å². The SMILES string of the molecule is C.C=CCOC(=O)C[C@H](C(=O)N[C@@H](C)C(=O)Cc1ccc(N)c2c1CCCC2=O)C(C)C.II(I)I(I)I(I)I(I)I(I)I(I)I(I)I.Nc1ccc(N)c2c1CCCC2=O. The molecule has 1 amide bonds. The van der Waals surface area contributed by atoms with Crippen LogP contribution in [-0.4, -0.2) is 41.9 Å². The summed E-state index contributed by atoms with van der Waals surface area (Å²) in [5.41, 5.74) is 22.9. The molecule has 0 saturated heterocycles. The third-order valence-corrected chi connectivity index (χ3v) is 1000. The summed E-state index contributed by atoms with van der Waals surface area (Å²) >= 11 is 26.7. The molecule has 0 fully saturated rings. The molecule has 0 aliphatic heterocycles. The zero-order chi connectivity index (χ0) is 45.6. The van der Waals surface area contributed by atoms with E-state index in [2.05, 4.69) is 179 Å². The number of ether oxygens (including phenoxy) is 1. The van der Waals surface area contributed by atoms with Gasteiger partial charge in [0.1, 0.15) is 6.61 Å². The quantitative estimate of drug-likeness (QED) is 0.0550. The zero-order valence-corrected chi connectivity index (χ0v) is 66.4. The van der Waals surface area contributed by atoms with E-state index in [4.69, 9.17) is 21.9 Å². The molecule has 10 nitrogen and oxygen atoms in total. The average molecular weight is 2650 g/mol. The average Bonchev–Trinajstić information content (AvgIpc) is 3.20. The Morgan fingerprint density at radius 1 is 0.721 bits per heavy atom. The number of nitrogen functional groups attached to an aromatic ring is 3. The number of hydrogen-bond donors (Lipinski definition) is 4. The fourth-order valence-corrected chi connectivity index (χ4v) is 2100. The van der Waals surface area contributed by atoms with E-state index in [1.54, 1.807) is 31.2 Å². The van der Waals surface area contributed by atoms with Gasteiger partial charge < -0.3 is 27.3 Å². The summed E-state index contributed by atoms with van der Waals surface area (Å²) in [4.78, 5) is 61.2. The number of anilines is 3. The van der Waals surface area contributed by atoms with Gasteiger partial charge in [-0.25, -0.2) is 0 Å². The summed E-state index contributed by atoms with van der Waals surface area (Å²) in [6.45, 7) is 8.90. The number of carbonyl (C=O) groups is 5. The number of rotatable bonds is 16. The summed E-state index contributed by atoms with van der Waals surface area (Å²) in [5, 5.41) is 2.73. The molecular formula is C35H48I16N4O6. The Bertz CT molecular complexity index is 1820. The van der Waals surface area contributed by atoms with Gasteiger partial charge in [0, 0.05) is 47.5 Å². The number of benzene rings is 2. The molecule has 2 aromatic carbocycles. The number of ketones is 3. The van der Waals surface area contributed by atoms with Gasteiger partial charge in [0.2, 0.25) is 5.91 Å². The van der Waals surface area contributed by atoms with Crippen molar-refractivity contribution < 1.29 is 28.7 Å². The Labute approximate surface area is 475 Å². The predicted octanol–water partition coefficient (Wildman–Crippen LogP) is 19.0. The first-order chi connectivity index (χ1) is 28.0. The Hall–Kier alpha value is 7.21. The molecule has 7 N–H and O–H groups in total. The van der Waals surface area contributed by atoms with Gasteiger partial charge >= 0.3 is 229 Å². The summed E-state index contributed by atoms with van der Waals surface area (Å²) in [6, 6.07) is 6.19. The van der Waals surface area contributed by atoms with Crippen molar-refractivity contribution in [3.8, 4) is 0 Å². The molecule has 2 aliphatic rings. The smallest absolute Gasteiger partial charge is 0.165 e. The summed E-state index contributed by atoms with van der Waals surface area (Å²) in [7, 11) is -2.63. The number of carbonyl (C=O) groups excluding carboxylic acids is 5. The van der Waals surface area contributed by atoms with Crippen molar-refractivity contribution in [2.45, 2.75) is 85.6 Å². The molecule has 2 atom stereocenters. The molecule has 0 heterocycles. The molecule has 0 radical (unpaired) electrons. The summed E-state index contributed by atoms with van der Waals surface area (Å²) < 4.78 is 4.98. The Morgan fingerprint density at radius 2 is 1.16 bits per heavy atom. The second-order valence-electron chi connectivity index (χ2n) is 12.9. The molecule has 61 heavy (non-hydrogen) atoms. The van der Waals surface area contributed by atoms with Gasteiger partial charge in [-0.15, -0.1) is 0 Å². The van der Waals surface area contributed by atoms with Crippen LogP contribution in [0.25, 0.3) is 0 Å². The zero-order valence-electron chi connectivity index (χ0n) is 31.9. The van der Waals surface area contributed by atoms with Crippen LogP contribution >= 0.6 is 223 Å². The standard InChI is InChI=1S/C24H32N2O5.C10H12N2O.CH4.I16/c1-5-11-31-22(29)13-18(14(2)3)24(30)26-15(4)21(28)12-16-9-10-19(25)23-17(16)7-6-8-20(23)27;11-7-4-5-8(12)10-6(7)2-1-3-9(10)13;;1-10(2)12(5)14(7)16(9)15(8)13(6)11(3)4/h5,9-10,14-15,18H,1,6-8,11-13,25H2,2-4H3,(H,26,30);4-5H,1-3,11-12H2;1H4;/t15-,18-;;;/m0.../s1. The third kappa shape index (κ3) is 22.3. The van der Waals surface area contributed by atoms with Crippen molar-refractivity contribution in [3.63, 3.8) is 0 Å². The van der Waals surface area contributed by atoms with E-state index < -0.39 is 33.7 Å². The molecule has 0 spiro atoms. The molecule has 26 heteroatoms. The molecule has 0 saturated carbocycles. The van der Waals surface area contributed by atoms with Gasteiger partial charge in [-0.3, -0.25) is 24.0 Å². The van der Waals surface area contributed by atoms with Crippen LogP contribution < -0.4 is 22.5 Å². The minimum absolute atomic E-state index is 0. The van der Waals surface area contributed by atoms with Crippen LogP contribution in [0.1, 0.15) is 97.7 Å². The fraction of sp³-hybridized carbons (Fsp3) is 0.457. The molecule has 0 unspecified atom stereocenters. The number of fused-ring (bicyclic) bond motifs is 2. The van der Waals surface area contributed by atoms with Crippen molar-refractivity contribution in [2.24, 2.45) is 11.8 Å². The van der Waals surface area contributed by atoms with Crippen LogP contribution in [0, 0.1) is 11.8 Å². The van der Waals surface area contributed by atoms with Crippen LogP contribution in [0.15, 0.2) is 36.9 Å². The second-order valence-corrected chi connectivity index (χ2v) is 354. The van der Waals surface area contributed by atoms with Crippen LogP contribution in [0.2, 0.25) is 0 Å². The molecule has 2 aromatic rings. The molecular weight excluding hydrogens is 2600 g/mol. The Kier molecular flexibility index (Phi) is 37.6. The maximum Gasteiger partial charge on any atom is 0.165 e. The van der Waals surface area contributed by atoms with Crippen LogP contribution in [0.4, 0.5) is 17.1 Å². The van der Waals surface area contributed by atoms with Gasteiger partial charge in [0.25, 0.3) is 0 Å². The first kappa shape index (κ1) is 66.2. The Balaban J connectivity index is 0.000000516. The summed E-state index contributed by atoms with van der Waals surface area (Å²) in [6.07, 6.45) is 5.77. The van der Waals surface area contributed by atoms with Crippen molar-refractivity contribution in [2.75, 3.05) is 23.8 Å². The number of nitrogens with two attached hydrogens (primary N) is 3. The van der Waals surface area contributed by atoms with Gasteiger partial charge in [-0.05, 0) is 73.4 Å². The Morgan fingerprint density at radius 3 is 1.62 bits per heavy atom. The van der Waals surface area contributed by atoms with E-state index in [0.717, 1.165) is 36.0 Å². The normalized spacial score (nSPS) is 15.5. The molecule has 2 aliphatic carbocycles. The number of amides is 1. The van der Waals surface area contributed by atoms with E-state index in [9.17, 15) is 24.0 Å². The van der Waals surface area contributed by atoms with Gasteiger partial charge in [0.05, 0.1) is 18.4 Å². The first-order valence-electron chi connectivity index (χ1n) is 17.2. The first-order valence-corrected chi connectivity index (χ1v) is 112. The minimum atomic E-state index is -0.731. The number of esters is 1. The maximum absolute atomic E-state index is 12.8. The second kappa shape index (κ2) is 34.7. The maximum atomic E-state index is 12.8. The number of halogens is 16. The van der Waals surface area contributed by atoms with E-state index in [-0.39, 0.29) is 95.5 Å². The van der Waals surface area contributed by atoms with Crippen molar-refractivity contribution >= 4 is 269 Å². The number of Topliss-reactive ketones (excluding diaryl/α,β-unsaturated/α-hetero) is 3. The van der Waals surface area contributed by atoms with Crippen LogP contribution in [0.3, 0.4) is 0 Å². The molecule has 4 rings (SSSR count). The van der Waals surface area contributed by atoms with Gasteiger partial charge in [0.15, 0.2) is 17.3 Å². The largest absolute Gasteiger partial charge is 0.398 e. The molecule has 356 valence electrons. The van der Waals surface area contributed by atoms with Gasteiger partial charge in [-0.1, -0.05) is 40.0 Å². The fourth-order valence-electron chi connectivity index (χ4n) is 5.79. The predicted molar refractivity (Wildman–Crippen MR) is 402 cm³/mol. The van der Waals surface area contributed by atoms with Crippen LogP contribution in [-0.2, 0) is 38.4 Å². The van der Waals surface area contributed by atoms with E-state index >= 15 is 0 Å². The molecule has 0 aromatic heterocycles. The number of hydrogen-bond acceptors (Lipinski definition) is 9. The van der Waals surface area contributed by atoms with E-state index in [1.807, 2.05) is 13.8 Å². The van der Waals surface area contributed by atoms with Crippen molar-refractivity contribution in [3.05, 3.63) is 64.7 Å².